The number of H-pyrrole nitrogens is 2. The van der Waals surface area contributed by atoms with Gasteiger partial charge >= 0.3 is 0 Å². The van der Waals surface area contributed by atoms with Crippen molar-refractivity contribution in [1.29, 1.82) is 0 Å². The molecule has 0 amide bonds. The molecule has 0 saturated carbocycles. The number of fused-ring (bicyclic) bond motifs is 2. The number of imidazole rings is 1. The van der Waals surface area contributed by atoms with Gasteiger partial charge in [0, 0.05) is 59.5 Å². The number of hydrogen-bond acceptors (Lipinski definition) is 7. The highest BCUT2D eigenvalue weighted by atomic mass is 32.1. The molecule has 2 N–H and O–H groups in total. The number of alkyl halides is 2. The summed E-state index contributed by atoms with van der Waals surface area (Å²) in [6, 6.07) is 7.96. The summed E-state index contributed by atoms with van der Waals surface area (Å²) in [7, 11) is 0. The Hall–Kier alpha value is -4.09. The fourth-order valence-corrected chi connectivity index (χ4v) is 5.56. The van der Waals surface area contributed by atoms with Gasteiger partial charge in [-0.3, -0.25) is 25.0 Å². The average molecular weight is 515 g/mol. The number of likely N-dealkylation sites (tertiary alicyclic amines) is 1. The first-order valence-corrected chi connectivity index (χ1v) is 12.7. The molecule has 37 heavy (non-hydrogen) atoms. The van der Waals surface area contributed by atoms with Crippen LogP contribution < -0.4 is 0 Å². The van der Waals surface area contributed by atoms with Crippen LogP contribution in [0.3, 0.4) is 0 Å². The van der Waals surface area contributed by atoms with Crippen molar-refractivity contribution in [2.45, 2.75) is 18.9 Å². The monoisotopic (exact) mass is 514 g/mol. The zero-order valence-corrected chi connectivity index (χ0v) is 20.3. The van der Waals surface area contributed by atoms with Gasteiger partial charge in [-0.05, 0) is 29.1 Å². The minimum atomic E-state index is -2.62. The third-order valence-corrected chi connectivity index (χ3v) is 7.50. The molecule has 7 heterocycles. The molecule has 0 radical (unpaired) electrons. The van der Waals surface area contributed by atoms with E-state index in [1.807, 2.05) is 29.8 Å². The van der Waals surface area contributed by atoms with Gasteiger partial charge in [0.1, 0.15) is 11.2 Å². The number of nitrogens with one attached hydrogen (secondary N) is 2. The lowest BCUT2D eigenvalue weighted by Gasteiger charge is -2.15. The standard InChI is InChI=1S/C26H20F2N8S/c27-26(28)3-4-36(14-26)13-15-6-16(9-29-8-15)19-7-17-20(12-31-19)34-35-24(17)25-32-21-11-30-10-18(23(21)33-25)22-2-1-5-37-22/h1-2,5-12H,3-4,13-14H2,(H,32,33)(H,34,35). The van der Waals surface area contributed by atoms with Crippen molar-refractivity contribution < 1.29 is 8.78 Å². The number of pyridine rings is 3. The second kappa shape index (κ2) is 8.49. The molecule has 0 aromatic carbocycles. The second-order valence-electron chi connectivity index (χ2n) is 9.23. The fourth-order valence-electron chi connectivity index (χ4n) is 4.83. The van der Waals surface area contributed by atoms with Gasteiger partial charge in [-0.1, -0.05) is 6.07 Å². The molecule has 11 heteroatoms. The van der Waals surface area contributed by atoms with E-state index in [1.54, 1.807) is 41.0 Å². The third kappa shape index (κ3) is 4.05. The van der Waals surface area contributed by atoms with Crippen molar-refractivity contribution in [3.05, 3.63) is 66.2 Å². The van der Waals surface area contributed by atoms with Crippen LogP contribution >= 0.6 is 11.3 Å². The number of aromatic amines is 2. The van der Waals surface area contributed by atoms with Crippen LogP contribution in [0.15, 0.2) is 60.6 Å². The van der Waals surface area contributed by atoms with Crippen molar-refractivity contribution in [2.24, 2.45) is 0 Å². The van der Waals surface area contributed by atoms with E-state index in [0.717, 1.165) is 43.5 Å². The summed E-state index contributed by atoms with van der Waals surface area (Å²) in [6.07, 6.45) is 8.67. The van der Waals surface area contributed by atoms with Gasteiger partial charge in [0.25, 0.3) is 5.92 Å². The van der Waals surface area contributed by atoms with Crippen molar-refractivity contribution >= 4 is 33.3 Å². The molecule has 1 saturated heterocycles. The number of rotatable bonds is 5. The Kier molecular flexibility index (Phi) is 5.08. The molecule has 0 spiro atoms. The van der Waals surface area contributed by atoms with E-state index < -0.39 is 5.92 Å². The molecule has 184 valence electrons. The molecule has 0 atom stereocenters. The smallest absolute Gasteiger partial charge is 0.261 e. The van der Waals surface area contributed by atoms with Crippen molar-refractivity contribution in [1.82, 2.24) is 40.0 Å². The minimum absolute atomic E-state index is 0.103. The Morgan fingerprint density at radius 2 is 1.97 bits per heavy atom. The summed E-state index contributed by atoms with van der Waals surface area (Å²) in [5.74, 6) is -1.99. The molecular formula is C26H20F2N8S. The van der Waals surface area contributed by atoms with Crippen LogP contribution in [0.25, 0.3) is 55.2 Å². The van der Waals surface area contributed by atoms with E-state index in [1.165, 1.54) is 0 Å². The first-order chi connectivity index (χ1) is 18.0. The van der Waals surface area contributed by atoms with Gasteiger partial charge in [0.15, 0.2) is 5.82 Å². The number of aromatic nitrogens is 7. The molecule has 6 aromatic heterocycles. The van der Waals surface area contributed by atoms with Gasteiger partial charge in [-0.15, -0.1) is 11.3 Å². The molecule has 6 aromatic rings. The second-order valence-corrected chi connectivity index (χ2v) is 10.2. The van der Waals surface area contributed by atoms with E-state index in [0.29, 0.717) is 30.3 Å². The number of hydrogen-bond donors (Lipinski definition) is 2. The van der Waals surface area contributed by atoms with E-state index in [9.17, 15) is 8.78 Å². The average Bonchev–Trinajstić information content (AvgIpc) is 3.69. The third-order valence-electron chi connectivity index (χ3n) is 6.60. The maximum atomic E-state index is 13.6. The zero-order valence-electron chi connectivity index (χ0n) is 19.4. The van der Waals surface area contributed by atoms with Crippen LogP contribution in [-0.4, -0.2) is 59.0 Å². The molecule has 8 nitrogen and oxygen atoms in total. The van der Waals surface area contributed by atoms with Crippen LogP contribution in [0.2, 0.25) is 0 Å². The molecule has 7 rings (SSSR count). The predicted molar refractivity (Wildman–Crippen MR) is 138 cm³/mol. The highest BCUT2D eigenvalue weighted by Crippen LogP contribution is 2.34. The van der Waals surface area contributed by atoms with Crippen LogP contribution in [0.5, 0.6) is 0 Å². The minimum Gasteiger partial charge on any atom is -0.335 e. The highest BCUT2D eigenvalue weighted by molar-refractivity contribution is 7.13. The molecule has 1 aliphatic heterocycles. The largest absolute Gasteiger partial charge is 0.335 e. The Morgan fingerprint density at radius 3 is 2.81 bits per heavy atom. The molecular weight excluding hydrogens is 494 g/mol. The van der Waals surface area contributed by atoms with Gasteiger partial charge in [-0.2, -0.15) is 5.10 Å². The maximum Gasteiger partial charge on any atom is 0.261 e. The summed E-state index contributed by atoms with van der Waals surface area (Å²) in [6.45, 7) is 0.581. The topological polar surface area (TPSA) is 99.3 Å². The van der Waals surface area contributed by atoms with Gasteiger partial charge in [0.2, 0.25) is 0 Å². The summed E-state index contributed by atoms with van der Waals surface area (Å²) >= 11 is 1.64. The van der Waals surface area contributed by atoms with E-state index in [-0.39, 0.29) is 13.0 Å². The predicted octanol–water partition coefficient (Wildman–Crippen LogP) is 5.53. The van der Waals surface area contributed by atoms with Gasteiger partial charge in [0.05, 0.1) is 35.7 Å². The van der Waals surface area contributed by atoms with Crippen LogP contribution in [-0.2, 0) is 6.54 Å². The molecule has 0 bridgehead atoms. The normalized spacial score (nSPS) is 15.7. The number of nitrogens with zero attached hydrogens (tertiary/aromatic N) is 6. The Labute approximate surface area is 213 Å². The Balaban J connectivity index is 1.24. The lowest BCUT2D eigenvalue weighted by molar-refractivity contribution is 0.0115. The lowest BCUT2D eigenvalue weighted by atomic mass is 10.1. The van der Waals surface area contributed by atoms with E-state index in [4.69, 9.17) is 4.98 Å². The number of halogens is 2. The molecule has 1 aliphatic rings. The fraction of sp³-hybridized carbons (Fsp3) is 0.192. The van der Waals surface area contributed by atoms with E-state index in [2.05, 4.69) is 36.2 Å². The van der Waals surface area contributed by atoms with Gasteiger partial charge < -0.3 is 4.98 Å². The van der Waals surface area contributed by atoms with Crippen LogP contribution in [0.1, 0.15) is 12.0 Å². The first-order valence-electron chi connectivity index (χ1n) is 11.8. The van der Waals surface area contributed by atoms with Crippen molar-refractivity contribution in [2.75, 3.05) is 13.1 Å². The van der Waals surface area contributed by atoms with Crippen molar-refractivity contribution in [3.63, 3.8) is 0 Å². The summed E-state index contributed by atoms with van der Waals surface area (Å²) in [4.78, 5) is 24.4. The number of thiophene rings is 1. The van der Waals surface area contributed by atoms with Crippen molar-refractivity contribution in [3.8, 4) is 33.2 Å². The molecule has 0 unspecified atom stereocenters. The zero-order chi connectivity index (χ0) is 25.0. The summed E-state index contributed by atoms with van der Waals surface area (Å²) < 4.78 is 27.2. The maximum absolute atomic E-state index is 13.6. The lowest BCUT2D eigenvalue weighted by Crippen LogP contribution is -2.24. The summed E-state index contributed by atoms with van der Waals surface area (Å²) in [5, 5.41) is 10.4. The van der Waals surface area contributed by atoms with E-state index >= 15 is 0 Å². The van der Waals surface area contributed by atoms with Crippen LogP contribution in [0.4, 0.5) is 8.78 Å². The van der Waals surface area contributed by atoms with Crippen LogP contribution in [0, 0.1) is 0 Å². The quantitative estimate of drug-likeness (QED) is 0.314. The molecule has 0 aliphatic carbocycles. The highest BCUT2D eigenvalue weighted by Gasteiger charge is 2.37. The first kappa shape index (κ1) is 22.1. The SMILES string of the molecule is FC1(F)CCN(Cc2cncc(-c3cc4c(-c5nc6c(-c7cccs7)cncc6[nH]5)n[nH]c4cn3)c2)C1. The Bertz CT molecular complexity index is 1740. The molecule has 1 fully saturated rings. The van der Waals surface area contributed by atoms with Gasteiger partial charge in [-0.25, -0.2) is 13.8 Å². The Morgan fingerprint density at radius 1 is 1.05 bits per heavy atom. The summed E-state index contributed by atoms with van der Waals surface area (Å²) in [5.41, 5.74) is 6.48.